The second-order valence-electron chi connectivity index (χ2n) is 8.57. The highest BCUT2D eigenvalue weighted by Gasteiger charge is 2.33. The lowest BCUT2D eigenvalue weighted by atomic mass is 10.0. The molecule has 5 nitrogen and oxygen atoms in total. The topological polar surface area (TPSA) is 75.6 Å². The Kier molecular flexibility index (Phi) is 6.07. The van der Waals surface area contributed by atoms with Gasteiger partial charge in [0, 0.05) is 23.0 Å². The number of benzene rings is 3. The van der Waals surface area contributed by atoms with Crippen LogP contribution in [-0.2, 0) is 12.8 Å². The van der Waals surface area contributed by atoms with E-state index in [4.69, 9.17) is 9.84 Å². The number of fused-ring (bicyclic) bond motifs is 1. The first-order valence-electron chi connectivity index (χ1n) is 10.4. The van der Waals surface area contributed by atoms with Gasteiger partial charge in [0.1, 0.15) is 11.4 Å². The molecule has 0 saturated heterocycles. The predicted octanol–water partition coefficient (Wildman–Crippen LogP) is 5.50. The molecule has 0 radical (unpaired) electrons. The second kappa shape index (κ2) is 8.79. The number of rotatable bonds is 6. The minimum atomic E-state index is -0.933. The Morgan fingerprint density at radius 1 is 1.03 bits per heavy atom. The summed E-state index contributed by atoms with van der Waals surface area (Å²) in [5, 5.41) is 12.0. The Balaban J connectivity index is 1.37. The number of halogens is 1. The molecule has 2 N–H and O–H groups in total. The van der Waals surface area contributed by atoms with E-state index in [1.54, 1.807) is 30.3 Å². The van der Waals surface area contributed by atoms with Crippen LogP contribution in [0.2, 0.25) is 0 Å². The summed E-state index contributed by atoms with van der Waals surface area (Å²) in [6, 6.07) is 18.7. The van der Waals surface area contributed by atoms with Crippen molar-refractivity contribution < 1.29 is 19.4 Å². The molecule has 4 rings (SSSR count). The first-order valence-corrected chi connectivity index (χ1v) is 11.2. The zero-order valence-corrected chi connectivity index (χ0v) is 19.5. The number of aromatic carboxylic acids is 1. The van der Waals surface area contributed by atoms with Crippen molar-refractivity contribution >= 4 is 27.8 Å². The van der Waals surface area contributed by atoms with Gasteiger partial charge >= 0.3 is 5.97 Å². The minimum Gasteiger partial charge on any atom is -0.486 e. The molecule has 0 unspecified atom stereocenters. The zero-order chi connectivity index (χ0) is 22.9. The SMILES string of the molecule is CC1(C)Cc2cc(Br)cc(C(=O)NCCc3ccc(-c4ccc(C(=O)O)cc4)cc3)c2O1. The quantitative estimate of drug-likeness (QED) is 0.475. The summed E-state index contributed by atoms with van der Waals surface area (Å²) in [5.74, 6) is -0.401. The van der Waals surface area contributed by atoms with Gasteiger partial charge in [0.25, 0.3) is 5.91 Å². The predicted molar refractivity (Wildman–Crippen MR) is 127 cm³/mol. The second-order valence-corrected chi connectivity index (χ2v) is 9.48. The lowest BCUT2D eigenvalue weighted by molar-refractivity contribution is 0.0696. The maximum Gasteiger partial charge on any atom is 0.335 e. The van der Waals surface area contributed by atoms with Crippen molar-refractivity contribution in [3.63, 3.8) is 0 Å². The van der Waals surface area contributed by atoms with E-state index in [1.807, 2.05) is 44.2 Å². The molecular formula is C26H24BrNO4. The number of hydrogen-bond donors (Lipinski definition) is 2. The summed E-state index contributed by atoms with van der Waals surface area (Å²) >= 11 is 3.50. The third kappa shape index (κ3) is 4.86. The number of carboxylic acids is 1. The average molecular weight is 494 g/mol. The Hall–Kier alpha value is -3.12. The molecule has 0 fully saturated rings. The molecule has 0 bridgehead atoms. The number of carboxylic acid groups (broad SMARTS) is 1. The van der Waals surface area contributed by atoms with Gasteiger partial charge in [-0.25, -0.2) is 4.79 Å². The minimum absolute atomic E-state index is 0.143. The fourth-order valence-corrected chi connectivity index (χ4v) is 4.43. The standard InChI is InChI=1S/C26H24BrNO4/c1-26(2)15-20-13-21(27)14-22(23(20)32-26)24(29)28-12-11-16-3-5-17(6-4-16)18-7-9-19(10-8-18)25(30)31/h3-10,13-14H,11-12,15H2,1-2H3,(H,28,29)(H,30,31). The number of amides is 1. The summed E-state index contributed by atoms with van der Waals surface area (Å²) in [6.07, 6.45) is 1.47. The van der Waals surface area contributed by atoms with E-state index in [-0.39, 0.29) is 17.1 Å². The summed E-state index contributed by atoms with van der Waals surface area (Å²) < 4.78 is 6.90. The summed E-state index contributed by atoms with van der Waals surface area (Å²) in [4.78, 5) is 23.8. The van der Waals surface area contributed by atoms with Gasteiger partial charge in [-0.15, -0.1) is 0 Å². The molecular weight excluding hydrogens is 470 g/mol. The summed E-state index contributed by atoms with van der Waals surface area (Å²) in [6.45, 7) is 4.55. The zero-order valence-electron chi connectivity index (χ0n) is 17.9. The molecule has 0 saturated carbocycles. The lowest BCUT2D eigenvalue weighted by Gasteiger charge is -2.18. The largest absolute Gasteiger partial charge is 0.486 e. The molecule has 3 aromatic rings. The van der Waals surface area contributed by atoms with Crippen molar-refractivity contribution in [3.05, 3.63) is 87.4 Å². The molecule has 0 spiro atoms. The molecule has 1 aliphatic heterocycles. The Labute approximate surface area is 195 Å². The van der Waals surface area contributed by atoms with Gasteiger partial charge in [0.2, 0.25) is 0 Å². The first-order chi connectivity index (χ1) is 15.2. The van der Waals surface area contributed by atoms with E-state index in [0.29, 0.717) is 24.3 Å². The van der Waals surface area contributed by atoms with Crippen molar-refractivity contribution in [2.24, 2.45) is 0 Å². The Morgan fingerprint density at radius 2 is 1.66 bits per heavy atom. The van der Waals surface area contributed by atoms with Crippen molar-refractivity contribution in [1.82, 2.24) is 5.32 Å². The number of carbonyl (C=O) groups excluding carboxylic acids is 1. The van der Waals surface area contributed by atoms with Crippen molar-refractivity contribution in [3.8, 4) is 16.9 Å². The van der Waals surface area contributed by atoms with Gasteiger partial charge < -0.3 is 15.2 Å². The van der Waals surface area contributed by atoms with Crippen LogP contribution in [0.5, 0.6) is 5.75 Å². The van der Waals surface area contributed by atoms with Crippen LogP contribution in [0.4, 0.5) is 0 Å². The van der Waals surface area contributed by atoms with Gasteiger partial charge in [-0.05, 0) is 61.2 Å². The van der Waals surface area contributed by atoms with E-state index in [1.165, 1.54) is 0 Å². The molecule has 0 atom stereocenters. The van der Waals surface area contributed by atoms with Gasteiger partial charge in [-0.1, -0.05) is 52.3 Å². The number of ether oxygens (including phenoxy) is 1. The van der Waals surface area contributed by atoms with Crippen LogP contribution in [0.15, 0.2) is 65.1 Å². The number of hydrogen-bond acceptors (Lipinski definition) is 3. The number of nitrogens with one attached hydrogen (secondary N) is 1. The molecule has 164 valence electrons. The highest BCUT2D eigenvalue weighted by molar-refractivity contribution is 9.10. The Morgan fingerprint density at radius 3 is 2.28 bits per heavy atom. The molecule has 32 heavy (non-hydrogen) atoms. The summed E-state index contributed by atoms with van der Waals surface area (Å²) in [7, 11) is 0. The molecule has 0 aromatic heterocycles. The molecule has 3 aromatic carbocycles. The van der Waals surface area contributed by atoms with E-state index >= 15 is 0 Å². The van der Waals surface area contributed by atoms with E-state index < -0.39 is 5.97 Å². The highest BCUT2D eigenvalue weighted by atomic mass is 79.9. The van der Waals surface area contributed by atoms with Crippen LogP contribution >= 0.6 is 15.9 Å². The third-order valence-corrected chi connectivity index (χ3v) is 5.95. The van der Waals surface area contributed by atoms with Gasteiger partial charge in [-0.3, -0.25) is 4.79 Å². The third-order valence-electron chi connectivity index (χ3n) is 5.49. The van der Waals surface area contributed by atoms with Crippen LogP contribution < -0.4 is 10.1 Å². The van der Waals surface area contributed by atoms with Gasteiger partial charge in [-0.2, -0.15) is 0 Å². The smallest absolute Gasteiger partial charge is 0.335 e. The molecule has 1 amide bonds. The fraction of sp³-hybridized carbons (Fsp3) is 0.231. The first kappa shape index (κ1) is 22.1. The van der Waals surface area contributed by atoms with E-state index in [0.717, 1.165) is 33.1 Å². The number of carbonyl (C=O) groups is 2. The summed E-state index contributed by atoms with van der Waals surface area (Å²) in [5.41, 5.74) is 4.63. The average Bonchev–Trinajstić information content (AvgIpc) is 3.07. The van der Waals surface area contributed by atoms with Crippen LogP contribution in [-0.4, -0.2) is 29.1 Å². The molecule has 1 aliphatic rings. The van der Waals surface area contributed by atoms with Crippen LogP contribution in [0.25, 0.3) is 11.1 Å². The van der Waals surface area contributed by atoms with Crippen molar-refractivity contribution in [2.45, 2.75) is 32.3 Å². The van der Waals surface area contributed by atoms with Crippen LogP contribution in [0.1, 0.15) is 45.7 Å². The van der Waals surface area contributed by atoms with Crippen LogP contribution in [0, 0.1) is 0 Å². The maximum atomic E-state index is 12.8. The van der Waals surface area contributed by atoms with E-state index in [2.05, 4.69) is 21.2 Å². The van der Waals surface area contributed by atoms with Crippen molar-refractivity contribution in [2.75, 3.05) is 6.54 Å². The molecule has 1 heterocycles. The van der Waals surface area contributed by atoms with Gasteiger partial charge in [0.05, 0.1) is 11.1 Å². The normalized spacial score (nSPS) is 13.8. The molecule has 0 aliphatic carbocycles. The fourth-order valence-electron chi connectivity index (χ4n) is 3.93. The maximum absolute atomic E-state index is 12.8. The van der Waals surface area contributed by atoms with Gasteiger partial charge in [0.15, 0.2) is 0 Å². The molecule has 6 heteroatoms. The highest BCUT2D eigenvalue weighted by Crippen LogP contribution is 2.39. The lowest BCUT2D eigenvalue weighted by Crippen LogP contribution is -2.28. The van der Waals surface area contributed by atoms with Crippen molar-refractivity contribution in [1.29, 1.82) is 0 Å². The monoisotopic (exact) mass is 493 g/mol. The van der Waals surface area contributed by atoms with Crippen LogP contribution in [0.3, 0.4) is 0 Å². The Bertz CT molecular complexity index is 1170. The van der Waals surface area contributed by atoms with E-state index in [9.17, 15) is 9.59 Å².